The molecule has 7 rings (SSSR count). The van der Waals surface area contributed by atoms with Gasteiger partial charge in [0.25, 0.3) is 0 Å². The Labute approximate surface area is 371 Å². The van der Waals surface area contributed by atoms with Gasteiger partial charge in [-0.15, -0.1) is 11.3 Å². The smallest absolute Gasteiger partial charge is 0.407 e. The Kier molecular flexibility index (Phi) is 14.3. The molecule has 334 valence electrons. The van der Waals surface area contributed by atoms with Gasteiger partial charge in [-0.3, -0.25) is 14.4 Å². The molecular weight excluding hydrogens is 851 g/mol. The SMILES string of the molecule is COc1cc2c(c(F)c1OCCCOc1c(OC)cc3sc(C(=O)C[C@H](C)C(=O)OCCNC(=O)OCC4c5ccccc5-c5ccccc54)cc3c1F)CN(C(=O)CC(C)=C=O)C2. The molecular formula is C48H46F2N2O11S. The van der Waals surface area contributed by atoms with Gasteiger partial charge in [0.05, 0.1) is 51.2 Å². The summed E-state index contributed by atoms with van der Waals surface area (Å²) >= 11 is 1.05. The van der Waals surface area contributed by atoms with Crippen molar-refractivity contribution in [1.82, 2.24) is 10.2 Å². The number of carbonyl (C=O) groups excluding carboxylic acids is 5. The van der Waals surface area contributed by atoms with Gasteiger partial charge in [0, 0.05) is 59.1 Å². The summed E-state index contributed by atoms with van der Waals surface area (Å²) in [5.41, 5.74) is 5.51. The van der Waals surface area contributed by atoms with Crippen molar-refractivity contribution in [1.29, 1.82) is 0 Å². The number of amides is 2. The molecule has 1 N–H and O–H groups in total. The topological polar surface area (TPSA) is 156 Å². The maximum atomic E-state index is 15.9. The number of Topliss-reactive ketones (excluding diaryl/α,β-unsaturated/α-hetero) is 1. The number of nitrogens with one attached hydrogen (secondary N) is 1. The first-order valence-corrected chi connectivity index (χ1v) is 21.4. The monoisotopic (exact) mass is 896 g/mol. The van der Waals surface area contributed by atoms with E-state index in [2.05, 4.69) is 5.32 Å². The second-order valence-corrected chi connectivity index (χ2v) is 16.5. The Morgan fingerprint density at radius 1 is 0.859 bits per heavy atom. The van der Waals surface area contributed by atoms with E-state index in [0.717, 1.165) is 33.6 Å². The van der Waals surface area contributed by atoms with Crippen molar-refractivity contribution >= 4 is 51.1 Å². The Morgan fingerprint density at radius 2 is 1.50 bits per heavy atom. The van der Waals surface area contributed by atoms with E-state index in [0.29, 0.717) is 10.3 Å². The van der Waals surface area contributed by atoms with Crippen LogP contribution in [0.25, 0.3) is 21.2 Å². The lowest BCUT2D eigenvalue weighted by molar-refractivity contribution is -0.147. The number of carbonyl (C=O) groups is 4. The van der Waals surface area contributed by atoms with Gasteiger partial charge in [-0.2, -0.15) is 0 Å². The molecule has 0 saturated carbocycles. The highest BCUT2D eigenvalue weighted by Crippen LogP contribution is 2.45. The third-order valence-electron chi connectivity index (χ3n) is 11.1. The quantitative estimate of drug-likeness (QED) is 0.0368. The summed E-state index contributed by atoms with van der Waals surface area (Å²) < 4.78 is 65.2. The van der Waals surface area contributed by atoms with Crippen LogP contribution in [-0.4, -0.2) is 81.8 Å². The van der Waals surface area contributed by atoms with E-state index < -0.39 is 29.6 Å². The first-order valence-electron chi connectivity index (χ1n) is 20.6. The van der Waals surface area contributed by atoms with Gasteiger partial charge >= 0.3 is 12.1 Å². The fraction of sp³-hybridized carbons (Fsp3) is 0.333. The zero-order chi connectivity index (χ0) is 45.5. The molecule has 2 aliphatic rings. The lowest BCUT2D eigenvalue weighted by Gasteiger charge is -2.15. The first kappa shape index (κ1) is 45.3. The van der Waals surface area contributed by atoms with E-state index in [9.17, 15) is 24.0 Å². The number of nitrogens with zero attached hydrogens (tertiary/aromatic N) is 1. The van der Waals surface area contributed by atoms with E-state index in [4.69, 9.17) is 28.4 Å². The highest BCUT2D eigenvalue weighted by Gasteiger charge is 2.32. The number of esters is 1. The van der Waals surface area contributed by atoms with Crippen molar-refractivity contribution in [3.8, 4) is 34.1 Å². The second kappa shape index (κ2) is 20.2. The molecule has 1 atom stereocenters. The Bertz CT molecular complexity index is 2610. The summed E-state index contributed by atoms with van der Waals surface area (Å²) in [6.45, 7) is 3.16. The maximum Gasteiger partial charge on any atom is 0.407 e. The highest BCUT2D eigenvalue weighted by atomic mass is 32.1. The molecule has 1 aliphatic heterocycles. The van der Waals surface area contributed by atoms with E-state index in [1.807, 2.05) is 48.5 Å². The minimum atomic E-state index is -0.821. The lowest BCUT2D eigenvalue weighted by atomic mass is 9.98. The van der Waals surface area contributed by atoms with Crippen LogP contribution in [0.5, 0.6) is 23.0 Å². The molecule has 0 spiro atoms. The molecule has 4 aromatic carbocycles. The van der Waals surface area contributed by atoms with Gasteiger partial charge in [0.1, 0.15) is 19.2 Å². The van der Waals surface area contributed by atoms with Crippen LogP contribution < -0.4 is 24.3 Å². The molecule has 16 heteroatoms. The molecule has 1 aliphatic carbocycles. The Hall–Kier alpha value is -6.77. The van der Waals surface area contributed by atoms with Gasteiger partial charge in [-0.25, -0.2) is 18.4 Å². The molecule has 0 radical (unpaired) electrons. The van der Waals surface area contributed by atoms with Crippen LogP contribution in [0.2, 0.25) is 0 Å². The number of rotatable bonds is 19. The average Bonchev–Trinajstić information content (AvgIpc) is 4.02. The number of ketones is 1. The van der Waals surface area contributed by atoms with Crippen LogP contribution in [0.4, 0.5) is 13.6 Å². The maximum absolute atomic E-state index is 15.9. The summed E-state index contributed by atoms with van der Waals surface area (Å²) in [5, 5.41) is 2.73. The van der Waals surface area contributed by atoms with Crippen LogP contribution in [0.1, 0.15) is 71.0 Å². The van der Waals surface area contributed by atoms with Crippen molar-refractivity contribution < 1.29 is 61.2 Å². The molecule has 0 unspecified atom stereocenters. The number of hydrogen-bond acceptors (Lipinski definition) is 12. The summed E-state index contributed by atoms with van der Waals surface area (Å²) in [4.78, 5) is 63.7. The van der Waals surface area contributed by atoms with Crippen LogP contribution >= 0.6 is 11.3 Å². The van der Waals surface area contributed by atoms with E-state index in [1.54, 1.807) is 25.0 Å². The van der Waals surface area contributed by atoms with Crippen molar-refractivity contribution in [3.05, 3.63) is 111 Å². The number of alkyl carbamates (subject to hydrolysis) is 1. The second-order valence-electron chi connectivity index (χ2n) is 15.4. The number of ether oxygens (including phenoxy) is 6. The normalized spacial score (nSPS) is 13.0. The van der Waals surface area contributed by atoms with Gasteiger partial charge in [-0.05, 0) is 46.9 Å². The number of thiophene rings is 1. The zero-order valence-electron chi connectivity index (χ0n) is 35.7. The molecule has 64 heavy (non-hydrogen) atoms. The average molecular weight is 897 g/mol. The van der Waals surface area contributed by atoms with E-state index in [-0.39, 0.29) is 127 Å². The zero-order valence-corrected chi connectivity index (χ0v) is 36.5. The number of methoxy groups -OCH3 is 2. The van der Waals surface area contributed by atoms with Crippen molar-refractivity contribution in [2.45, 2.75) is 52.1 Å². The number of fused-ring (bicyclic) bond motifs is 5. The fourth-order valence-corrected chi connectivity index (χ4v) is 8.82. The molecule has 13 nitrogen and oxygen atoms in total. The van der Waals surface area contributed by atoms with Gasteiger partial charge in [0.2, 0.25) is 5.91 Å². The van der Waals surface area contributed by atoms with E-state index in [1.165, 1.54) is 32.1 Å². The Morgan fingerprint density at radius 3 is 2.16 bits per heavy atom. The predicted octanol–water partition coefficient (Wildman–Crippen LogP) is 8.35. The van der Waals surface area contributed by atoms with Gasteiger partial charge in [0.15, 0.2) is 40.4 Å². The molecule has 0 saturated heterocycles. The third kappa shape index (κ3) is 9.73. The molecule has 5 aromatic rings. The first-order chi connectivity index (χ1) is 30.9. The fourth-order valence-electron chi connectivity index (χ4n) is 7.79. The largest absolute Gasteiger partial charge is 0.493 e. The molecule has 0 bridgehead atoms. The highest BCUT2D eigenvalue weighted by molar-refractivity contribution is 7.20. The summed E-state index contributed by atoms with van der Waals surface area (Å²) in [6, 6.07) is 20.6. The van der Waals surface area contributed by atoms with Crippen LogP contribution in [0.15, 0.2) is 72.3 Å². The molecule has 2 amide bonds. The van der Waals surface area contributed by atoms with Crippen LogP contribution in [0, 0.1) is 17.6 Å². The Balaban J connectivity index is 0.865. The van der Waals surface area contributed by atoms with Gasteiger partial charge < -0.3 is 38.6 Å². The van der Waals surface area contributed by atoms with Crippen molar-refractivity contribution in [3.63, 3.8) is 0 Å². The number of benzene rings is 4. The molecule has 0 fully saturated rings. The summed E-state index contributed by atoms with van der Waals surface area (Å²) in [7, 11) is 2.73. The molecule has 1 aromatic heterocycles. The van der Waals surface area contributed by atoms with Crippen molar-refractivity contribution in [2.24, 2.45) is 5.92 Å². The lowest BCUT2D eigenvalue weighted by Crippen LogP contribution is -2.30. The minimum absolute atomic E-state index is 0.00560. The van der Waals surface area contributed by atoms with E-state index >= 15 is 8.78 Å². The standard InChI is InChI=1S/C48H46F2N2O11S/c1-27(25-53)18-42(55)52-23-29-20-38(58-3)45(44(50)35(29)24-52)60-15-9-16-61-46-39(59-4)22-40-34(43(46)49)21-41(64-40)37(54)19-28(2)47(56)62-17-14-51-48(57)63-26-36-32-12-7-5-10-30(32)31-11-6-8-13-33(31)36/h5-8,10-13,20-22,28,36H,9,14-19,23-24,26H2,1-4H3,(H,51,57)/t28-/m0/s1. The van der Waals surface area contributed by atoms with Crippen LogP contribution in [-0.2, 0) is 36.9 Å². The summed E-state index contributed by atoms with van der Waals surface area (Å²) in [5.74, 6) is -2.05. The summed E-state index contributed by atoms with van der Waals surface area (Å²) in [6.07, 6.45) is -0.751. The van der Waals surface area contributed by atoms with Crippen LogP contribution in [0.3, 0.4) is 0 Å². The predicted molar refractivity (Wildman–Crippen MR) is 233 cm³/mol. The minimum Gasteiger partial charge on any atom is -0.493 e. The molecule has 2 heterocycles. The number of hydrogen-bond donors (Lipinski definition) is 1. The third-order valence-corrected chi connectivity index (χ3v) is 12.2. The van der Waals surface area contributed by atoms with Crippen molar-refractivity contribution in [2.75, 3.05) is 47.2 Å². The number of halogens is 2. The van der Waals surface area contributed by atoms with Gasteiger partial charge in [-0.1, -0.05) is 55.5 Å².